The van der Waals surface area contributed by atoms with Crippen LogP contribution in [0.4, 0.5) is 32.3 Å². The molecule has 4 rings (SSSR count). The topological polar surface area (TPSA) is 92.3 Å². The average molecular weight is 573 g/mol. The fraction of sp³-hybridized carbons (Fsp3) is 0.320. The van der Waals surface area contributed by atoms with E-state index in [4.69, 9.17) is 0 Å². The van der Waals surface area contributed by atoms with Crippen LogP contribution >= 0.6 is 0 Å². The van der Waals surface area contributed by atoms with E-state index in [1.807, 2.05) is 0 Å². The second kappa shape index (κ2) is 10.5. The molecule has 208 valence electrons. The predicted molar refractivity (Wildman–Crippen MR) is 129 cm³/mol. The lowest BCUT2D eigenvalue weighted by Crippen LogP contribution is -2.40. The number of nitrogens with zero attached hydrogens (tertiary/aromatic N) is 3. The van der Waals surface area contributed by atoms with Crippen LogP contribution in [0.2, 0.25) is 0 Å². The Hall–Kier alpha value is -3.68. The smallest absolute Gasteiger partial charge is 0.348 e. The SMILES string of the molecule is CCS(=O)(=O)c1ccc(CNC(=O)c2ccc3c(c2)CN(c2ncc(C(F)(F)F)cn2)C[C@@H]3C(F)(F)F)cc1. The van der Waals surface area contributed by atoms with Gasteiger partial charge in [-0.15, -0.1) is 0 Å². The molecule has 2 heterocycles. The molecule has 39 heavy (non-hydrogen) atoms. The van der Waals surface area contributed by atoms with Crippen LogP contribution in [0.25, 0.3) is 0 Å². The van der Waals surface area contributed by atoms with Crippen LogP contribution in [0.3, 0.4) is 0 Å². The number of rotatable bonds is 6. The third-order valence-corrected chi connectivity index (χ3v) is 8.05. The highest BCUT2D eigenvalue weighted by Crippen LogP contribution is 2.41. The molecule has 1 aliphatic heterocycles. The summed E-state index contributed by atoms with van der Waals surface area (Å²) in [5.41, 5.74) is -0.324. The molecule has 7 nitrogen and oxygen atoms in total. The molecule has 0 saturated heterocycles. The molecular formula is C25H22F6N4O3S. The molecule has 1 aliphatic rings. The lowest BCUT2D eigenvalue weighted by atomic mass is 9.88. The Morgan fingerprint density at radius 3 is 2.23 bits per heavy atom. The quantitative estimate of drug-likeness (QED) is 0.424. The number of fused-ring (bicyclic) bond motifs is 1. The van der Waals surface area contributed by atoms with Gasteiger partial charge in [0.05, 0.1) is 22.1 Å². The molecule has 3 aromatic rings. The van der Waals surface area contributed by atoms with Crippen LogP contribution in [-0.4, -0.2) is 42.8 Å². The first kappa shape index (κ1) is 28.3. The Morgan fingerprint density at radius 1 is 1.03 bits per heavy atom. The van der Waals surface area contributed by atoms with Gasteiger partial charge in [-0.1, -0.05) is 25.1 Å². The van der Waals surface area contributed by atoms with Crippen LogP contribution in [0, 0.1) is 0 Å². The molecule has 0 saturated carbocycles. The maximum Gasteiger partial charge on any atom is 0.419 e. The number of sulfone groups is 1. The van der Waals surface area contributed by atoms with Crippen molar-refractivity contribution in [3.63, 3.8) is 0 Å². The van der Waals surface area contributed by atoms with E-state index in [2.05, 4.69) is 15.3 Å². The fourth-order valence-electron chi connectivity index (χ4n) is 4.14. The number of nitrogens with one attached hydrogen (secondary N) is 1. The number of carbonyl (C=O) groups is 1. The van der Waals surface area contributed by atoms with Crippen molar-refractivity contribution in [3.8, 4) is 0 Å². The number of hydrogen-bond donors (Lipinski definition) is 1. The number of amides is 1. The first-order valence-corrected chi connectivity index (χ1v) is 13.3. The standard InChI is InChI=1S/C25H22F6N4O3S/c1-2-39(37,38)19-6-3-15(4-7-19)10-32-22(36)16-5-8-20-17(9-16)13-35(14-21(20)25(29,30)31)23-33-11-18(12-34-23)24(26,27)28/h3-9,11-12,21H,2,10,13-14H2,1H3,(H,32,36)/t21-/m0/s1. The molecule has 1 aromatic heterocycles. The van der Waals surface area contributed by atoms with Gasteiger partial charge in [0.1, 0.15) is 0 Å². The van der Waals surface area contributed by atoms with Gasteiger partial charge in [0.25, 0.3) is 5.91 Å². The van der Waals surface area contributed by atoms with Crippen molar-refractivity contribution < 1.29 is 39.6 Å². The predicted octanol–water partition coefficient (Wildman–Crippen LogP) is 4.89. The normalized spacial score (nSPS) is 16.1. The molecule has 1 N–H and O–H groups in total. The number of alkyl halides is 6. The van der Waals surface area contributed by atoms with E-state index in [0.717, 1.165) is 4.90 Å². The van der Waals surface area contributed by atoms with Crippen molar-refractivity contribution in [1.82, 2.24) is 15.3 Å². The van der Waals surface area contributed by atoms with E-state index < -0.39 is 46.1 Å². The summed E-state index contributed by atoms with van der Waals surface area (Å²) >= 11 is 0. The zero-order valence-corrected chi connectivity index (χ0v) is 21.2. The van der Waals surface area contributed by atoms with Crippen LogP contribution < -0.4 is 10.2 Å². The third-order valence-electron chi connectivity index (χ3n) is 6.30. The maximum atomic E-state index is 13.9. The molecule has 0 fully saturated rings. The van der Waals surface area contributed by atoms with Crippen LogP contribution in [0.1, 0.15) is 45.5 Å². The van der Waals surface area contributed by atoms with E-state index in [1.165, 1.54) is 37.3 Å². The third kappa shape index (κ3) is 6.32. The Kier molecular flexibility index (Phi) is 7.61. The molecule has 0 bridgehead atoms. The molecule has 0 aliphatic carbocycles. The number of hydrogen-bond acceptors (Lipinski definition) is 6. The molecule has 0 radical (unpaired) electrons. The van der Waals surface area contributed by atoms with E-state index in [9.17, 15) is 39.6 Å². The van der Waals surface area contributed by atoms with Crippen molar-refractivity contribution in [2.45, 2.75) is 43.2 Å². The van der Waals surface area contributed by atoms with Gasteiger partial charge in [-0.2, -0.15) is 26.3 Å². The highest BCUT2D eigenvalue weighted by Gasteiger charge is 2.45. The highest BCUT2D eigenvalue weighted by molar-refractivity contribution is 7.91. The average Bonchev–Trinajstić information content (AvgIpc) is 2.90. The fourth-order valence-corrected chi connectivity index (χ4v) is 5.03. The number of benzene rings is 2. The molecule has 2 aromatic carbocycles. The minimum atomic E-state index is -4.70. The van der Waals surface area contributed by atoms with Crippen LogP contribution in [0.5, 0.6) is 0 Å². The van der Waals surface area contributed by atoms with Crippen molar-refractivity contribution >= 4 is 21.7 Å². The summed E-state index contributed by atoms with van der Waals surface area (Å²) in [6, 6.07) is 9.74. The summed E-state index contributed by atoms with van der Waals surface area (Å²) in [6.45, 7) is 0.812. The Morgan fingerprint density at radius 2 is 1.67 bits per heavy atom. The lowest BCUT2D eigenvalue weighted by molar-refractivity contribution is -0.149. The van der Waals surface area contributed by atoms with Crippen molar-refractivity contribution in [3.05, 3.63) is 82.7 Å². The highest BCUT2D eigenvalue weighted by atomic mass is 32.2. The van der Waals surface area contributed by atoms with E-state index >= 15 is 0 Å². The molecule has 14 heteroatoms. The van der Waals surface area contributed by atoms with Gasteiger partial charge >= 0.3 is 12.4 Å². The molecule has 1 amide bonds. The molecule has 1 atom stereocenters. The zero-order valence-electron chi connectivity index (χ0n) is 20.3. The van der Waals surface area contributed by atoms with Gasteiger partial charge in [0, 0.05) is 37.6 Å². The summed E-state index contributed by atoms with van der Waals surface area (Å²) in [7, 11) is -3.38. The van der Waals surface area contributed by atoms with E-state index in [0.29, 0.717) is 18.0 Å². The summed E-state index contributed by atoms with van der Waals surface area (Å²) in [5, 5.41) is 2.64. The Labute approximate surface area is 219 Å². The Bertz CT molecular complexity index is 1460. The number of aromatic nitrogens is 2. The van der Waals surface area contributed by atoms with Crippen LogP contribution in [0.15, 0.2) is 59.8 Å². The molecular weight excluding hydrogens is 550 g/mol. The minimum Gasteiger partial charge on any atom is -0.348 e. The van der Waals surface area contributed by atoms with Crippen molar-refractivity contribution in [2.24, 2.45) is 0 Å². The zero-order chi connectivity index (χ0) is 28.6. The second-order valence-electron chi connectivity index (χ2n) is 8.89. The van der Waals surface area contributed by atoms with Crippen molar-refractivity contribution in [2.75, 3.05) is 17.2 Å². The van der Waals surface area contributed by atoms with Gasteiger partial charge in [-0.25, -0.2) is 18.4 Å². The first-order chi connectivity index (χ1) is 18.2. The summed E-state index contributed by atoms with van der Waals surface area (Å²) in [4.78, 5) is 21.3. The van der Waals surface area contributed by atoms with Gasteiger partial charge in [-0.05, 0) is 41.0 Å². The van der Waals surface area contributed by atoms with Crippen molar-refractivity contribution in [1.29, 1.82) is 0 Å². The summed E-state index contributed by atoms with van der Waals surface area (Å²) in [5.74, 6) is -2.90. The summed E-state index contributed by atoms with van der Waals surface area (Å²) in [6.07, 6.45) is -8.34. The molecule has 0 unspecified atom stereocenters. The first-order valence-electron chi connectivity index (χ1n) is 11.6. The van der Waals surface area contributed by atoms with Gasteiger partial charge in [0.15, 0.2) is 9.84 Å². The number of halogens is 6. The largest absolute Gasteiger partial charge is 0.419 e. The monoisotopic (exact) mass is 572 g/mol. The minimum absolute atomic E-state index is 0.0407. The lowest BCUT2D eigenvalue weighted by Gasteiger charge is -2.35. The van der Waals surface area contributed by atoms with E-state index in [1.54, 1.807) is 12.1 Å². The maximum absolute atomic E-state index is 13.9. The second-order valence-corrected chi connectivity index (χ2v) is 11.2. The van der Waals surface area contributed by atoms with E-state index in [-0.39, 0.29) is 46.4 Å². The van der Waals surface area contributed by atoms with Gasteiger partial charge < -0.3 is 10.2 Å². The van der Waals surface area contributed by atoms with Crippen LogP contribution in [-0.2, 0) is 29.1 Å². The molecule has 0 spiro atoms. The van der Waals surface area contributed by atoms with Gasteiger partial charge in [0.2, 0.25) is 5.95 Å². The van der Waals surface area contributed by atoms with Gasteiger partial charge in [-0.3, -0.25) is 4.79 Å². The number of anilines is 1. The Balaban J connectivity index is 1.54. The summed E-state index contributed by atoms with van der Waals surface area (Å²) < 4.78 is 104. The number of carbonyl (C=O) groups excluding carboxylic acids is 1.